The Morgan fingerprint density at radius 1 is 1.05 bits per heavy atom. The van der Waals surface area contributed by atoms with Crippen molar-refractivity contribution in [3.05, 3.63) is 74.0 Å². The Labute approximate surface area is 228 Å². The highest BCUT2D eigenvalue weighted by Gasteiger charge is 2.44. The fraction of sp³-hybridized carbons (Fsp3) is 0.321. The minimum atomic E-state index is -0.720. The smallest absolute Gasteiger partial charge is 0.256 e. The van der Waals surface area contributed by atoms with E-state index in [0.29, 0.717) is 60.9 Å². The van der Waals surface area contributed by atoms with E-state index in [1.165, 1.54) is 11.2 Å². The van der Waals surface area contributed by atoms with Crippen molar-refractivity contribution in [1.29, 1.82) is 0 Å². The zero-order chi connectivity index (χ0) is 26.9. The van der Waals surface area contributed by atoms with Gasteiger partial charge in [-0.3, -0.25) is 19.4 Å². The Balaban J connectivity index is 1.48. The second-order valence-electron chi connectivity index (χ2n) is 8.77. The molecular weight excluding hydrogens is 504 g/mol. The number of ether oxygens (including phenoxy) is 3. The number of anilines is 2. The third-order valence-electron chi connectivity index (χ3n) is 6.28. The van der Waals surface area contributed by atoms with E-state index in [4.69, 9.17) is 26.4 Å². The Morgan fingerprint density at radius 3 is 2.39 bits per heavy atom. The number of amides is 2. The van der Waals surface area contributed by atoms with Crippen LogP contribution in [0.4, 0.5) is 11.4 Å². The molecule has 2 saturated heterocycles. The van der Waals surface area contributed by atoms with Gasteiger partial charge in [-0.1, -0.05) is 19.2 Å². The molecule has 2 amide bonds. The van der Waals surface area contributed by atoms with Gasteiger partial charge in [0.25, 0.3) is 5.91 Å². The molecule has 0 aliphatic carbocycles. The highest BCUT2D eigenvalue weighted by Crippen LogP contribution is 2.29. The number of rotatable bonds is 12. The topological polar surface area (TPSA) is 83.6 Å². The van der Waals surface area contributed by atoms with Gasteiger partial charge in [-0.2, -0.15) is 0 Å². The molecule has 1 N–H and O–H groups in total. The van der Waals surface area contributed by atoms with Crippen LogP contribution in [0.2, 0.25) is 0 Å². The van der Waals surface area contributed by atoms with Gasteiger partial charge < -0.3 is 24.4 Å². The minimum Gasteiger partial charge on any atom is -0.490 e. The predicted molar refractivity (Wildman–Crippen MR) is 150 cm³/mol. The number of carbonyl (C=O) groups excluding carboxylic acids is 2. The summed E-state index contributed by atoms with van der Waals surface area (Å²) in [6.45, 7) is 11.8. The maximum atomic E-state index is 13.6. The van der Waals surface area contributed by atoms with E-state index >= 15 is 0 Å². The molecule has 0 radical (unpaired) electrons. The second-order valence-corrected chi connectivity index (χ2v) is 9.14. The van der Waals surface area contributed by atoms with E-state index in [1.807, 2.05) is 4.90 Å². The molecule has 2 aromatic rings. The van der Waals surface area contributed by atoms with Crippen molar-refractivity contribution in [2.75, 3.05) is 56.2 Å². The first kappa shape index (κ1) is 27.3. The fourth-order valence-corrected chi connectivity index (χ4v) is 4.76. The molecule has 2 heterocycles. The lowest BCUT2D eigenvalue weighted by Gasteiger charge is -2.30. The Kier molecular flexibility index (Phi) is 9.47. The van der Waals surface area contributed by atoms with Crippen molar-refractivity contribution >= 4 is 40.5 Å². The van der Waals surface area contributed by atoms with Crippen LogP contribution in [-0.4, -0.2) is 78.8 Å². The van der Waals surface area contributed by atoms with Gasteiger partial charge in [0.05, 0.1) is 31.6 Å². The van der Waals surface area contributed by atoms with Crippen LogP contribution in [0.15, 0.2) is 74.0 Å². The van der Waals surface area contributed by atoms with Crippen LogP contribution >= 0.6 is 12.2 Å². The maximum absolute atomic E-state index is 13.6. The molecule has 10 heteroatoms. The van der Waals surface area contributed by atoms with E-state index in [-0.39, 0.29) is 18.2 Å². The van der Waals surface area contributed by atoms with Crippen molar-refractivity contribution in [2.24, 2.45) is 0 Å². The number of benzene rings is 2. The van der Waals surface area contributed by atoms with Crippen molar-refractivity contribution in [2.45, 2.75) is 12.5 Å². The summed E-state index contributed by atoms with van der Waals surface area (Å²) in [7, 11) is 0. The number of thiocarbonyl (C=S) groups is 1. The summed E-state index contributed by atoms with van der Waals surface area (Å²) in [5, 5.41) is 3.26. The molecule has 200 valence electrons. The van der Waals surface area contributed by atoms with Gasteiger partial charge in [0.2, 0.25) is 5.91 Å². The van der Waals surface area contributed by atoms with E-state index in [9.17, 15) is 9.59 Å². The largest absolute Gasteiger partial charge is 0.490 e. The van der Waals surface area contributed by atoms with Gasteiger partial charge in [-0.05, 0) is 60.7 Å². The Bertz CT molecular complexity index is 1150. The summed E-state index contributed by atoms with van der Waals surface area (Å²) in [5.41, 5.74) is 1.23. The Hall–Kier alpha value is -3.73. The summed E-state index contributed by atoms with van der Waals surface area (Å²) >= 11 is 5.77. The second kappa shape index (κ2) is 13.2. The lowest BCUT2D eigenvalue weighted by molar-refractivity contribution is -0.124. The third kappa shape index (κ3) is 6.77. The van der Waals surface area contributed by atoms with Crippen LogP contribution in [0.3, 0.4) is 0 Å². The molecule has 38 heavy (non-hydrogen) atoms. The molecular formula is C28H32N4O5S. The minimum absolute atomic E-state index is 0.0367. The van der Waals surface area contributed by atoms with Crippen LogP contribution in [-0.2, 0) is 14.3 Å². The summed E-state index contributed by atoms with van der Waals surface area (Å²) in [6.07, 6.45) is 2.96. The number of hydrogen-bond acceptors (Lipinski definition) is 7. The normalized spacial score (nSPS) is 17.8. The molecule has 2 aromatic carbocycles. The molecule has 2 fully saturated rings. The number of hydrogen-bond donors (Lipinski definition) is 1. The molecule has 0 bridgehead atoms. The molecule has 0 aromatic heterocycles. The van der Waals surface area contributed by atoms with Gasteiger partial charge in [0.1, 0.15) is 24.1 Å². The fourth-order valence-electron chi connectivity index (χ4n) is 4.35. The average Bonchev–Trinajstić information content (AvgIpc) is 3.16. The summed E-state index contributed by atoms with van der Waals surface area (Å²) < 4.78 is 16.2. The molecule has 4 rings (SSSR count). The Morgan fingerprint density at radius 2 is 1.74 bits per heavy atom. The average molecular weight is 537 g/mol. The van der Waals surface area contributed by atoms with Gasteiger partial charge >= 0.3 is 0 Å². The molecule has 0 saturated carbocycles. The summed E-state index contributed by atoms with van der Waals surface area (Å²) in [6, 6.07) is 13.3. The lowest BCUT2D eigenvalue weighted by atomic mass is 10.1. The van der Waals surface area contributed by atoms with Crippen LogP contribution < -0.4 is 19.7 Å². The van der Waals surface area contributed by atoms with Crippen LogP contribution in [0, 0.1) is 0 Å². The molecule has 1 unspecified atom stereocenters. The van der Waals surface area contributed by atoms with Gasteiger partial charge in [-0.25, -0.2) is 0 Å². The van der Waals surface area contributed by atoms with Crippen LogP contribution in [0.25, 0.3) is 0 Å². The number of nitrogens with zero attached hydrogens (tertiary/aromatic N) is 3. The standard InChI is InChI=1S/C28H32N4O5S/c1-3-17-37-24-9-5-21(6-10-24)29-26(33)20-25-27(34)32(22-7-11-23(12-8-22)36-4-2)28(38)31(25)14-13-30-15-18-35-19-16-30/h3-12,25H,1-2,13-20H2,(H,29,33). The van der Waals surface area contributed by atoms with Gasteiger partial charge in [0.15, 0.2) is 5.11 Å². The van der Waals surface area contributed by atoms with Gasteiger partial charge in [-0.15, -0.1) is 0 Å². The van der Waals surface area contributed by atoms with E-state index < -0.39 is 6.04 Å². The molecule has 1 atom stereocenters. The maximum Gasteiger partial charge on any atom is 0.256 e. The number of carbonyl (C=O) groups is 2. The quantitative estimate of drug-likeness (QED) is 0.251. The molecule has 9 nitrogen and oxygen atoms in total. The molecule has 2 aliphatic heterocycles. The SMILES string of the molecule is C=CCOc1ccc(NC(=O)CC2C(=O)N(c3ccc(OC=C)cc3)C(=S)N2CCN2CCOCC2)cc1. The monoisotopic (exact) mass is 536 g/mol. The number of nitrogens with one attached hydrogen (secondary N) is 1. The summed E-state index contributed by atoms with van der Waals surface area (Å²) in [4.78, 5) is 32.3. The van der Waals surface area contributed by atoms with Crippen molar-refractivity contribution in [1.82, 2.24) is 9.80 Å². The van der Waals surface area contributed by atoms with E-state index in [0.717, 1.165) is 13.1 Å². The zero-order valence-corrected chi connectivity index (χ0v) is 22.0. The highest BCUT2D eigenvalue weighted by molar-refractivity contribution is 7.80. The number of morpholine rings is 1. The first-order valence-electron chi connectivity index (χ1n) is 12.5. The third-order valence-corrected chi connectivity index (χ3v) is 6.70. The van der Waals surface area contributed by atoms with Crippen molar-refractivity contribution < 1.29 is 23.8 Å². The molecule has 2 aliphatic rings. The lowest BCUT2D eigenvalue weighted by Crippen LogP contribution is -2.45. The first-order chi connectivity index (χ1) is 18.5. The van der Waals surface area contributed by atoms with Crippen LogP contribution in [0.5, 0.6) is 11.5 Å². The molecule has 0 spiro atoms. The van der Waals surface area contributed by atoms with E-state index in [1.54, 1.807) is 54.6 Å². The first-order valence-corrected chi connectivity index (χ1v) is 12.9. The zero-order valence-electron chi connectivity index (χ0n) is 21.2. The van der Waals surface area contributed by atoms with Gasteiger partial charge in [0, 0.05) is 31.9 Å². The summed E-state index contributed by atoms with van der Waals surface area (Å²) in [5.74, 6) is 0.757. The van der Waals surface area contributed by atoms with Crippen LogP contribution in [0.1, 0.15) is 6.42 Å². The van der Waals surface area contributed by atoms with E-state index in [2.05, 4.69) is 23.4 Å². The van der Waals surface area contributed by atoms with Crippen molar-refractivity contribution in [3.8, 4) is 11.5 Å². The predicted octanol–water partition coefficient (Wildman–Crippen LogP) is 3.44. The highest BCUT2D eigenvalue weighted by atomic mass is 32.1. The van der Waals surface area contributed by atoms with Crippen molar-refractivity contribution in [3.63, 3.8) is 0 Å².